The minimum absolute atomic E-state index is 0.0503. The molecule has 1 aromatic rings. The molecular formula is C13H16BrNO3S2. The van der Waals surface area contributed by atoms with Crippen LogP contribution in [0.5, 0.6) is 0 Å². The summed E-state index contributed by atoms with van der Waals surface area (Å²) in [7, 11) is -2.87. The molecule has 0 unspecified atom stereocenters. The maximum atomic E-state index is 11.9. The largest absolute Gasteiger partial charge is 0.325 e. The summed E-state index contributed by atoms with van der Waals surface area (Å²) >= 11 is 4.79. The first-order valence-electron chi connectivity index (χ1n) is 6.24. The number of hydrogen-bond acceptors (Lipinski definition) is 4. The zero-order valence-electron chi connectivity index (χ0n) is 11.1. The molecule has 110 valence electrons. The van der Waals surface area contributed by atoms with Gasteiger partial charge in [0.25, 0.3) is 0 Å². The standard InChI is InChI=1S/C13H16BrNO3S2/c1-9-2-3-10(14)6-12(9)15-13(16)7-19-11-4-5-20(17,18)8-11/h2-3,6,11H,4-5,7-8H2,1H3,(H,15,16)/t11-/m0/s1. The van der Waals surface area contributed by atoms with E-state index in [-0.39, 0.29) is 28.4 Å². The van der Waals surface area contributed by atoms with E-state index in [1.165, 1.54) is 11.8 Å². The van der Waals surface area contributed by atoms with Crippen molar-refractivity contribution in [3.05, 3.63) is 28.2 Å². The van der Waals surface area contributed by atoms with Gasteiger partial charge in [-0.1, -0.05) is 22.0 Å². The van der Waals surface area contributed by atoms with Gasteiger partial charge in [-0.25, -0.2) is 8.42 Å². The number of hydrogen-bond donors (Lipinski definition) is 1. The number of rotatable bonds is 4. The van der Waals surface area contributed by atoms with Crippen molar-refractivity contribution in [2.75, 3.05) is 22.6 Å². The first-order valence-corrected chi connectivity index (χ1v) is 9.90. The Kier molecular flexibility index (Phi) is 5.14. The first-order chi connectivity index (χ1) is 9.35. The van der Waals surface area contributed by atoms with Crippen LogP contribution in [0, 0.1) is 6.92 Å². The highest BCUT2D eigenvalue weighted by molar-refractivity contribution is 9.10. The normalized spacial score (nSPS) is 20.8. The highest BCUT2D eigenvalue weighted by Crippen LogP contribution is 2.25. The number of halogens is 1. The molecule has 4 nitrogen and oxygen atoms in total. The average Bonchev–Trinajstić information content (AvgIpc) is 2.71. The lowest BCUT2D eigenvalue weighted by molar-refractivity contribution is -0.113. The van der Waals surface area contributed by atoms with Crippen molar-refractivity contribution >= 4 is 49.1 Å². The van der Waals surface area contributed by atoms with E-state index in [1.54, 1.807) is 0 Å². The molecule has 2 rings (SSSR count). The second-order valence-corrected chi connectivity index (χ2v) is 9.28. The lowest BCUT2D eigenvalue weighted by Gasteiger charge is -2.10. The third-order valence-electron chi connectivity index (χ3n) is 3.11. The van der Waals surface area contributed by atoms with Gasteiger partial charge in [-0.05, 0) is 31.0 Å². The topological polar surface area (TPSA) is 63.2 Å². The maximum absolute atomic E-state index is 11.9. The zero-order valence-corrected chi connectivity index (χ0v) is 14.3. The number of amides is 1. The average molecular weight is 378 g/mol. The number of sulfone groups is 1. The molecule has 1 aliphatic rings. The second kappa shape index (κ2) is 6.49. The molecule has 7 heteroatoms. The Hall–Kier alpha value is -0.530. The van der Waals surface area contributed by atoms with Crippen molar-refractivity contribution < 1.29 is 13.2 Å². The van der Waals surface area contributed by atoms with Crippen molar-refractivity contribution in [3.8, 4) is 0 Å². The van der Waals surface area contributed by atoms with E-state index < -0.39 is 9.84 Å². The van der Waals surface area contributed by atoms with Crippen LogP contribution in [0.15, 0.2) is 22.7 Å². The molecule has 1 atom stereocenters. The highest BCUT2D eigenvalue weighted by Gasteiger charge is 2.28. The summed E-state index contributed by atoms with van der Waals surface area (Å²) in [6.45, 7) is 1.93. The summed E-state index contributed by atoms with van der Waals surface area (Å²) in [6.07, 6.45) is 0.649. The fourth-order valence-electron chi connectivity index (χ4n) is 2.00. The van der Waals surface area contributed by atoms with Crippen molar-refractivity contribution in [3.63, 3.8) is 0 Å². The minimum atomic E-state index is -2.87. The van der Waals surface area contributed by atoms with Gasteiger partial charge in [0.15, 0.2) is 9.84 Å². The van der Waals surface area contributed by atoms with Crippen molar-refractivity contribution in [1.29, 1.82) is 0 Å². The van der Waals surface area contributed by atoms with Crippen molar-refractivity contribution in [2.45, 2.75) is 18.6 Å². The highest BCUT2D eigenvalue weighted by atomic mass is 79.9. The smallest absolute Gasteiger partial charge is 0.234 e. The number of thioether (sulfide) groups is 1. The predicted octanol–water partition coefficient (Wildman–Crippen LogP) is 2.62. The monoisotopic (exact) mass is 377 g/mol. The van der Waals surface area contributed by atoms with Gasteiger partial charge < -0.3 is 5.32 Å². The van der Waals surface area contributed by atoms with Crippen LogP contribution in [0.1, 0.15) is 12.0 Å². The van der Waals surface area contributed by atoms with Crippen molar-refractivity contribution in [1.82, 2.24) is 0 Å². The first kappa shape index (κ1) is 15.9. The Bertz CT molecular complexity index is 616. The molecule has 0 spiro atoms. The molecule has 0 aliphatic carbocycles. The SMILES string of the molecule is Cc1ccc(Br)cc1NC(=O)CS[C@H]1CCS(=O)(=O)C1. The number of benzene rings is 1. The molecule has 1 saturated heterocycles. The van der Waals surface area contributed by atoms with Gasteiger partial charge in [0, 0.05) is 15.4 Å². The minimum Gasteiger partial charge on any atom is -0.325 e. The lowest BCUT2D eigenvalue weighted by Crippen LogP contribution is -2.17. The molecule has 0 aromatic heterocycles. The van der Waals surface area contributed by atoms with Crippen LogP contribution < -0.4 is 5.32 Å². The van der Waals surface area contributed by atoms with Gasteiger partial charge in [0.05, 0.1) is 17.3 Å². The van der Waals surface area contributed by atoms with Gasteiger partial charge in [0.1, 0.15) is 0 Å². The van der Waals surface area contributed by atoms with Crippen molar-refractivity contribution in [2.24, 2.45) is 0 Å². The molecule has 1 fully saturated rings. The summed E-state index contributed by atoms with van der Waals surface area (Å²) < 4.78 is 23.6. The van der Waals surface area contributed by atoms with Crippen LogP contribution in [0.2, 0.25) is 0 Å². The van der Waals surface area contributed by atoms with E-state index in [4.69, 9.17) is 0 Å². The number of anilines is 1. The van der Waals surface area contributed by atoms with E-state index in [1.807, 2.05) is 25.1 Å². The Labute approximate surface area is 131 Å². The third-order valence-corrected chi connectivity index (χ3v) is 6.89. The fourth-order valence-corrected chi connectivity index (χ4v) is 5.81. The molecule has 1 heterocycles. The van der Waals surface area contributed by atoms with Crippen LogP contribution >= 0.6 is 27.7 Å². The fraction of sp³-hybridized carbons (Fsp3) is 0.462. The van der Waals surface area contributed by atoms with E-state index >= 15 is 0 Å². The van der Waals surface area contributed by atoms with Gasteiger partial charge in [-0.2, -0.15) is 0 Å². The number of aryl methyl sites for hydroxylation is 1. The molecular weight excluding hydrogens is 362 g/mol. The molecule has 1 N–H and O–H groups in total. The number of nitrogens with one attached hydrogen (secondary N) is 1. The Morgan fingerprint density at radius 1 is 1.50 bits per heavy atom. The van der Waals surface area contributed by atoms with Gasteiger partial charge >= 0.3 is 0 Å². The molecule has 1 aromatic carbocycles. The quantitative estimate of drug-likeness (QED) is 0.875. The Balaban J connectivity index is 1.85. The summed E-state index contributed by atoms with van der Waals surface area (Å²) in [6, 6.07) is 5.71. The summed E-state index contributed by atoms with van der Waals surface area (Å²) in [5.41, 5.74) is 1.78. The Morgan fingerprint density at radius 3 is 2.90 bits per heavy atom. The second-order valence-electron chi connectivity index (χ2n) is 4.84. The summed E-state index contributed by atoms with van der Waals surface area (Å²) in [4.78, 5) is 11.9. The van der Waals surface area contributed by atoms with E-state index in [0.29, 0.717) is 6.42 Å². The van der Waals surface area contributed by atoms with E-state index in [9.17, 15) is 13.2 Å². The van der Waals surface area contributed by atoms with Crippen LogP contribution in [0.4, 0.5) is 5.69 Å². The maximum Gasteiger partial charge on any atom is 0.234 e. The molecule has 1 aliphatic heterocycles. The van der Waals surface area contributed by atoms with Crippen LogP contribution in [-0.2, 0) is 14.6 Å². The molecule has 0 bridgehead atoms. The molecule has 0 saturated carbocycles. The number of carbonyl (C=O) groups excluding carboxylic acids is 1. The zero-order chi connectivity index (χ0) is 14.8. The number of carbonyl (C=O) groups is 1. The van der Waals surface area contributed by atoms with E-state index in [0.717, 1.165) is 15.7 Å². The molecule has 20 heavy (non-hydrogen) atoms. The van der Waals surface area contributed by atoms with Gasteiger partial charge in [-0.15, -0.1) is 11.8 Å². The van der Waals surface area contributed by atoms with Gasteiger partial charge in [-0.3, -0.25) is 4.79 Å². The third kappa shape index (κ3) is 4.49. The molecule has 0 radical (unpaired) electrons. The van der Waals surface area contributed by atoms with Gasteiger partial charge in [0.2, 0.25) is 5.91 Å². The predicted molar refractivity (Wildman–Crippen MR) is 87.0 cm³/mol. The summed E-state index contributed by atoms with van der Waals surface area (Å²) in [5, 5.41) is 2.91. The summed E-state index contributed by atoms with van der Waals surface area (Å²) in [5.74, 6) is 0.629. The van der Waals surface area contributed by atoms with E-state index in [2.05, 4.69) is 21.2 Å². The van der Waals surface area contributed by atoms with Crippen LogP contribution in [-0.4, -0.2) is 36.8 Å². The molecule has 1 amide bonds. The Morgan fingerprint density at radius 2 is 2.25 bits per heavy atom. The van der Waals surface area contributed by atoms with Crippen LogP contribution in [0.3, 0.4) is 0 Å². The lowest BCUT2D eigenvalue weighted by atomic mass is 10.2. The van der Waals surface area contributed by atoms with Crippen LogP contribution in [0.25, 0.3) is 0 Å².